The van der Waals surface area contributed by atoms with Crippen molar-refractivity contribution in [3.8, 4) is 11.5 Å². The van der Waals surface area contributed by atoms with Crippen LogP contribution in [0.15, 0.2) is 36.4 Å². The molecular formula is C22H28N2O4. The van der Waals surface area contributed by atoms with Crippen LogP contribution in [0.4, 0.5) is 0 Å². The highest BCUT2D eigenvalue weighted by Crippen LogP contribution is 2.24. The monoisotopic (exact) mass is 384 g/mol. The van der Waals surface area contributed by atoms with E-state index in [2.05, 4.69) is 5.43 Å². The molecule has 0 aliphatic rings. The van der Waals surface area contributed by atoms with Gasteiger partial charge in [-0.15, -0.1) is 0 Å². The summed E-state index contributed by atoms with van der Waals surface area (Å²) in [7, 11) is 3.11. The van der Waals surface area contributed by atoms with Crippen molar-refractivity contribution in [2.75, 3.05) is 14.2 Å². The lowest BCUT2D eigenvalue weighted by Crippen LogP contribution is -2.56. The number of hydrogen-bond acceptors (Lipinski definition) is 4. The number of ether oxygens (including phenoxy) is 2. The minimum Gasteiger partial charge on any atom is -0.497 e. The molecule has 0 aliphatic heterocycles. The van der Waals surface area contributed by atoms with Crippen molar-refractivity contribution in [2.45, 2.75) is 40.2 Å². The van der Waals surface area contributed by atoms with Gasteiger partial charge in [-0.05, 0) is 70.5 Å². The molecule has 2 rings (SSSR count). The van der Waals surface area contributed by atoms with Crippen molar-refractivity contribution in [1.29, 1.82) is 0 Å². The lowest BCUT2D eigenvalue weighted by atomic mass is 10.0. The molecule has 0 fully saturated rings. The van der Waals surface area contributed by atoms with E-state index < -0.39 is 5.54 Å². The molecule has 0 atom stereocenters. The lowest BCUT2D eigenvalue weighted by Gasteiger charge is -2.36. The molecule has 6 nitrogen and oxygen atoms in total. The van der Waals surface area contributed by atoms with Gasteiger partial charge in [0.05, 0.1) is 19.8 Å². The van der Waals surface area contributed by atoms with Crippen molar-refractivity contribution in [3.63, 3.8) is 0 Å². The Balaban J connectivity index is 2.39. The first-order valence-electron chi connectivity index (χ1n) is 9.03. The molecule has 0 aliphatic carbocycles. The summed E-state index contributed by atoms with van der Waals surface area (Å²) in [5, 5.41) is 1.35. The number of aryl methyl sites for hydroxylation is 1. The quantitative estimate of drug-likeness (QED) is 0.812. The molecule has 28 heavy (non-hydrogen) atoms. The summed E-state index contributed by atoms with van der Waals surface area (Å²) in [6, 6.07) is 10.5. The zero-order chi connectivity index (χ0) is 21.1. The molecule has 0 bridgehead atoms. The molecule has 0 spiro atoms. The number of amides is 2. The Morgan fingerprint density at radius 2 is 1.68 bits per heavy atom. The first kappa shape index (κ1) is 21.3. The summed E-state index contributed by atoms with van der Waals surface area (Å²) in [6.45, 7) is 9.28. The summed E-state index contributed by atoms with van der Waals surface area (Å²) in [5.41, 5.74) is 4.62. The van der Waals surface area contributed by atoms with E-state index in [0.29, 0.717) is 22.6 Å². The van der Waals surface area contributed by atoms with Crippen LogP contribution in [0.5, 0.6) is 11.5 Å². The fourth-order valence-corrected chi connectivity index (χ4v) is 2.87. The second kappa shape index (κ2) is 8.33. The van der Waals surface area contributed by atoms with Crippen LogP contribution in [0.3, 0.4) is 0 Å². The topological polar surface area (TPSA) is 67.9 Å². The number of hydrogen-bond donors (Lipinski definition) is 1. The van der Waals surface area contributed by atoms with E-state index in [1.165, 1.54) is 5.01 Å². The van der Waals surface area contributed by atoms with E-state index in [1.54, 1.807) is 44.6 Å². The van der Waals surface area contributed by atoms with Crippen molar-refractivity contribution in [1.82, 2.24) is 10.4 Å². The molecule has 0 aromatic heterocycles. The third-order valence-electron chi connectivity index (χ3n) is 4.37. The number of benzene rings is 2. The van der Waals surface area contributed by atoms with Gasteiger partial charge in [0, 0.05) is 16.7 Å². The van der Waals surface area contributed by atoms with Gasteiger partial charge >= 0.3 is 0 Å². The lowest BCUT2D eigenvalue weighted by molar-refractivity contribution is 0.0357. The Hall–Kier alpha value is -3.02. The zero-order valence-corrected chi connectivity index (χ0v) is 17.5. The largest absolute Gasteiger partial charge is 0.497 e. The van der Waals surface area contributed by atoms with E-state index >= 15 is 0 Å². The molecule has 2 amide bonds. The average Bonchev–Trinajstić information content (AvgIpc) is 2.64. The van der Waals surface area contributed by atoms with Crippen LogP contribution < -0.4 is 14.9 Å². The van der Waals surface area contributed by atoms with Crippen LogP contribution in [0.25, 0.3) is 0 Å². The van der Waals surface area contributed by atoms with Gasteiger partial charge in [-0.2, -0.15) is 0 Å². The van der Waals surface area contributed by atoms with Crippen molar-refractivity contribution in [2.24, 2.45) is 0 Å². The molecule has 0 saturated heterocycles. The average molecular weight is 384 g/mol. The third kappa shape index (κ3) is 4.63. The minimum atomic E-state index is -0.643. The van der Waals surface area contributed by atoms with Crippen molar-refractivity contribution >= 4 is 11.8 Å². The van der Waals surface area contributed by atoms with E-state index in [-0.39, 0.29) is 11.8 Å². The van der Waals surface area contributed by atoms with Crippen LogP contribution in [0.2, 0.25) is 0 Å². The first-order chi connectivity index (χ1) is 13.1. The highest BCUT2D eigenvalue weighted by molar-refractivity contribution is 6.00. The van der Waals surface area contributed by atoms with Crippen LogP contribution in [0, 0.1) is 13.8 Å². The molecule has 150 valence electrons. The highest BCUT2D eigenvalue weighted by Gasteiger charge is 2.31. The zero-order valence-electron chi connectivity index (χ0n) is 17.5. The molecule has 0 unspecified atom stereocenters. The predicted molar refractivity (Wildman–Crippen MR) is 109 cm³/mol. The SMILES string of the molecule is COc1cc(C)cc(C(=O)NN(C(=O)c2cccc(OC)c2C)C(C)(C)C)c1. The number of nitrogens with one attached hydrogen (secondary N) is 1. The Labute approximate surface area is 166 Å². The normalized spacial score (nSPS) is 11.0. The van der Waals surface area contributed by atoms with Crippen molar-refractivity contribution < 1.29 is 19.1 Å². The number of carbonyl (C=O) groups is 2. The fourth-order valence-electron chi connectivity index (χ4n) is 2.87. The molecule has 0 saturated carbocycles. The van der Waals surface area contributed by atoms with E-state index in [9.17, 15) is 9.59 Å². The number of hydrazine groups is 1. The maximum absolute atomic E-state index is 13.3. The van der Waals surface area contributed by atoms with Gasteiger partial charge in [0.2, 0.25) is 0 Å². The van der Waals surface area contributed by atoms with Crippen LogP contribution in [-0.2, 0) is 0 Å². The molecule has 1 N–H and O–H groups in total. The number of methoxy groups -OCH3 is 2. The summed E-state index contributed by atoms with van der Waals surface area (Å²) in [4.78, 5) is 26.1. The molecule has 2 aromatic carbocycles. The Kier molecular flexibility index (Phi) is 6.33. The Bertz CT molecular complexity index is 885. The molecule has 0 heterocycles. The second-order valence-corrected chi connectivity index (χ2v) is 7.62. The maximum Gasteiger partial charge on any atom is 0.273 e. The number of nitrogens with zero attached hydrogens (tertiary/aromatic N) is 1. The maximum atomic E-state index is 13.3. The van der Waals surface area contributed by atoms with Crippen LogP contribution >= 0.6 is 0 Å². The molecular weight excluding hydrogens is 356 g/mol. The second-order valence-electron chi connectivity index (χ2n) is 7.62. The Morgan fingerprint density at radius 1 is 1.00 bits per heavy atom. The van der Waals surface area contributed by atoms with Gasteiger partial charge in [-0.1, -0.05) is 6.07 Å². The molecule has 6 heteroatoms. The predicted octanol–water partition coefficient (Wildman–Crippen LogP) is 3.91. The third-order valence-corrected chi connectivity index (χ3v) is 4.37. The van der Waals surface area contributed by atoms with Crippen LogP contribution in [0.1, 0.15) is 52.6 Å². The molecule has 2 aromatic rings. The van der Waals surface area contributed by atoms with Gasteiger partial charge in [0.25, 0.3) is 11.8 Å². The first-order valence-corrected chi connectivity index (χ1v) is 9.03. The van der Waals surface area contributed by atoms with E-state index in [1.807, 2.05) is 40.7 Å². The summed E-state index contributed by atoms with van der Waals surface area (Å²) < 4.78 is 10.6. The van der Waals surface area contributed by atoms with Gasteiger partial charge in [0.1, 0.15) is 11.5 Å². The van der Waals surface area contributed by atoms with Crippen molar-refractivity contribution in [3.05, 3.63) is 58.7 Å². The standard InChI is InChI=1S/C22H28N2O4/c1-14-11-16(13-17(12-14)27-6)20(25)23-24(22(3,4)5)21(26)18-9-8-10-19(28-7)15(18)2/h8-13H,1-7H3,(H,23,25). The summed E-state index contributed by atoms with van der Waals surface area (Å²) >= 11 is 0. The van der Waals surface area contributed by atoms with E-state index in [0.717, 1.165) is 11.1 Å². The minimum absolute atomic E-state index is 0.308. The smallest absolute Gasteiger partial charge is 0.273 e. The van der Waals surface area contributed by atoms with Crippen LogP contribution in [-0.4, -0.2) is 36.6 Å². The number of carbonyl (C=O) groups excluding carboxylic acids is 2. The van der Waals surface area contributed by atoms with Gasteiger partial charge in [-0.25, -0.2) is 5.01 Å². The molecule has 0 radical (unpaired) electrons. The van der Waals surface area contributed by atoms with Gasteiger partial charge in [0.15, 0.2) is 0 Å². The Morgan fingerprint density at radius 3 is 2.25 bits per heavy atom. The summed E-state index contributed by atoms with van der Waals surface area (Å²) in [5.74, 6) is 0.513. The van der Waals surface area contributed by atoms with Gasteiger partial charge < -0.3 is 9.47 Å². The highest BCUT2D eigenvalue weighted by atomic mass is 16.5. The van der Waals surface area contributed by atoms with Gasteiger partial charge in [-0.3, -0.25) is 15.0 Å². The summed E-state index contributed by atoms with van der Waals surface area (Å²) in [6.07, 6.45) is 0. The van der Waals surface area contributed by atoms with E-state index in [4.69, 9.17) is 9.47 Å². The fraction of sp³-hybridized carbons (Fsp3) is 0.364. The number of rotatable bonds is 4.